The molecule has 2 rings (SSSR count). The van der Waals surface area contributed by atoms with Crippen LogP contribution in [0.25, 0.3) is 0 Å². The summed E-state index contributed by atoms with van der Waals surface area (Å²) in [5.41, 5.74) is 1.27. The number of rotatable bonds is 6. The van der Waals surface area contributed by atoms with Gasteiger partial charge in [-0.25, -0.2) is 4.79 Å². The summed E-state index contributed by atoms with van der Waals surface area (Å²) in [6.45, 7) is 5.42. The Balaban J connectivity index is 1.86. The highest BCUT2D eigenvalue weighted by atomic mass is 16.5. The monoisotopic (exact) mass is 319 g/mol. The van der Waals surface area contributed by atoms with E-state index >= 15 is 0 Å². The number of carboxylic acid groups (broad SMARTS) is 1. The molecule has 5 nitrogen and oxygen atoms in total. The number of aromatic carboxylic acids is 1. The van der Waals surface area contributed by atoms with Crippen LogP contribution < -0.4 is 0 Å². The second-order valence-corrected chi connectivity index (χ2v) is 6.35. The van der Waals surface area contributed by atoms with Gasteiger partial charge in [0.25, 0.3) is 0 Å². The summed E-state index contributed by atoms with van der Waals surface area (Å²) in [4.78, 5) is 25.1. The quantitative estimate of drug-likeness (QED) is 0.875. The van der Waals surface area contributed by atoms with E-state index in [1.54, 1.807) is 12.1 Å². The highest BCUT2D eigenvalue weighted by Gasteiger charge is 2.24. The second kappa shape index (κ2) is 8.11. The first-order valence-electron chi connectivity index (χ1n) is 8.18. The van der Waals surface area contributed by atoms with Crippen LogP contribution >= 0.6 is 0 Å². The van der Waals surface area contributed by atoms with Crippen molar-refractivity contribution in [2.75, 3.05) is 19.7 Å². The molecule has 0 radical (unpaired) electrons. The normalized spacial score (nSPS) is 15.9. The summed E-state index contributed by atoms with van der Waals surface area (Å²) >= 11 is 0. The predicted octanol–water partition coefficient (Wildman–Crippen LogP) is 2.59. The third-order valence-corrected chi connectivity index (χ3v) is 4.26. The molecule has 1 heterocycles. The number of hydrogen-bond donors (Lipinski definition) is 1. The molecule has 0 bridgehead atoms. The summed E-state index contributed by atoms with van der Waals surface area (Å²) in [5, 5.41) is 9.25. The molecule has 1 N–H and O–H groups in total. The first-order valence-corrected chi connectivity index (χ1v) is 8.18. The molecule has 0 aliphatic carbocycles. The zero-order chi connectivity index (χ0) is 16.8. The molecule has 0 atom stereocenters. The molecular weight excluding hydrogens is 294 g/mol. The second-order valence-electron chi connectivity index (χ2n) is 6.35. The summed E-state index contributed by atoms with van der Waals surface area (Å²) < 4.78 is 5.36. The van der Waals surface area contributed by atoms with E-state index in [0.29, 0.717) is 11.5 Å². The average molecular weight is 319 g/mol. The molecule has 126 valence electrons. The highest BCUT2D eigenvalue weighted by molar-refractivity contribution is 5.89. The summed E-state index contributed by atoms with van der Waals surface area (Å²) in [7, 11) is 0. The molecule has 5 heteroatoms. The molecule has 1 aromatic carbocycles. The molecule has 0 saturated carbocycles. The lowest BCUT2D eigenvalue weighted by atomic mass is 9.88. The van der Waals surface area contributed by atoms with E-state index in [9.17, 15) is 14.7 Å². The highest BCUT2D eigenvalue weighted by Crippen LogP contribution is 2.23. The fraction of sp³-hybridized carbons (Fsp3) is 0.556. The maximum absolute atomic E-state index is 12.0. The number of carbonyl (C=O) groups is 2. The zero-order valence-electron chi connectivity index (χ0n) is 13.8. The van der Waals surface area contributed by atoms with E-state index < -0.39 is 5.97 Å². The van der Waals surface area contributed by atoms with E-state index in [1.807, 2.05) is 30.9 Å². The van der Waals surface area contributed by atoms with Crippen LogP contribution in [0.4, 0.5) is 0 Å². The Hall–Kier alpha value is -1.88. The predicted molar refractivity (Wildman–Crippen MR) is 87.5 cm³/mol. The number of carboxylic acids is 1. The maximum atomic E-state index is 12.0. The minimum atomic E-state index is -0.876. The van der Waals surface area contributed by atoms with Crippen LogP contribution in [0.2, 0.25) is 0 Å². The van der Waals surface area contributed by atoms with Gasteiger partial charge in [-0.15, -0.1) is 0 Å². The summed E-state index contributed by atoms with van der Waals surface area (Å²) in [6, 6.07) is 7.17. The zero-order valence-corrected chi connectivity index (χ0v) is 13.8. The first kappa shape index (κ1) is 17.5. The number of ether oxygens (including phenoxy) is 1. The van der Waals surface area contributed by atoms with Crippen molar-refractivity contribution in [2.24, 2.45) is 5.92 Å². The molecule has 1 amide bonds. The van der Waals surface area contributed by atoms with Crippen LogP contribution in [-0.4, -0.2) is 47.7 Å². The Bertz CT molecular complexity index is 548. The first-order chi connectivity index (χ1) is 11.0. The molecule has 0 aromatic heterocycles. The van der Waals surface area contributed by atoms with Gasteiger partial charge in [-0.3, -0.25) is 4.79 Å². The van der Waals surface area contributed by atoms with Crippen LogP contribution in [0.1, 0.15) is 42.6 Å². The van der Waals surface area contributed by atoms with Gasteiger partial charge in [0.1, 0.15) is 6.61 Å². The molecule has 1 aliphatic heterocycles. The van der Waals surface area contributed by atoms with Crippen LogP contribution in [-0.2, 0) is 16.0 Å². The SMILES string of the molecule is CC(C)OCC(=O)N1CCC(Cc2ccccc2C(=O)O)CC1. The maximum Gasteiger partial charge on any atom is 0.335 e. The van der Waals surface area contributed by atoms with Crippen LogP contribution in [0, 0.1) is 5.92 Å². The number of carbonyl (C=O) groups excluding carboxylic acids is 1. The molecule has 1 aliphatic rings. The molecule has 1 fully saturated rings. The lowest BCUT2D eigenvalue weighted by Gasteiger charge is -2.32. The number of likely N-dealkylation sites (tertiary alicyclic amines) is 1. The number of benzene rings is 1. The fourth-order valence-electron chi connectivity index (χ4n) is 2.93. The Labute approximate surface area is 137 Å². The largest absolute Gasteiger partial charge is 0.478 e. The van der Waals surface area contributed by atoms with Gasteiger partial charge in [0.2, 0.25) is 5.91 Å². The lowest BCUT2D eigenvalue weighted by molar-refractivity contribution is -0.139. The number of hydrogen-bond acceptors (Lipinski definition) is 3. The number of amides is 1. The molecule has 1 aromatic rings. The molecule has 23 heavy (non-hydrogen) atoms. The van der Waals surface area contributed by atoms with Crippen molar-refractivity contribution >= 4 is 11.9 Å². The Kier molecular flexibility index (Phi) is 6.16. The van der Waals surface area contributed by atoms with Gasteiger partial charge in [-0.2, -0.15) is 0 Å². The van der Waals surface area contributed by atoms with E-state index in [0.717, 1.165) is 37.9 Å². The third kappa shape index (κ3) is 5.06. The third-order valence-electron chi connectivity index (χ3n) is 4.26. The minimum absolute atomic E-state index is 0.0445. The Morgan fingerprint density at radius 3 is 2.52 bits per heavy atom. The average Bonchev–Trinajstić information content (AvgIpc) is 2.53. The summed E-state index contributed by atoms with van der Waals surface area (Å²) in [5.74, 6) is -0.410. The van der Waals surface area contributed by atoms with Gasteiger partial charge in [0.05, 0.1) is 11.7 Å². The fourth-order valence-corrected chi connectivity index (χ4v) is 2.93. The molecular formula is C18H25NO4. The summed E-state index contributed by atoms with van der Waals surface area (Å²) in [6.07, 6.45) is 2.62. The van der Waals surface area contributed by atoms with Crippen LogP contribution in [0.15, 0.2) is 24.3 Å². The van der Waals surface area contributed by atoms with Crippen molar-refractivity contribution in [1.29, 1.82) is 0 Å². The molecule has 0 spiro atoms. The van der Waals surface area contributed by atoms with Gasteiger partial charge in [-0.05, 0) is 50.7 Å². The van der Waals surface area contributed by atoms with Crippen LogP contribution in [0.3, 0.4) is 0 Å². The number of piperidine rings is 1. The molecule has 0 unspecified atom stereocenters. The number of nitrogens with zero attached hydrogens (tertiary/aromatic N) is 1. The van der Waals surface area contributed by atoms with Gasteiger partial charge >= 0.3 is 5.97 Å². The lowest BCUT2D eigenvalue weighted by Crippen LogP contribution is -2.41. The van der Waals surface area contributed by atoms with Gasteiger partial charge in [0.15, 0.2) is 0 Å². The Morgan fingerprint density at radius 2 is 1.91 bits per heavy atom. The molecule has 1 saturated heterocycles. The van der Waals surface area contributed by atoms with Crippen molar-refractivity contribution < 1.29 is 19.4 Å². The smallest absolute Gasteiger partial charge is 0.335 e. The van der Waals surface area contributed by atoms with E-state index in [2.05, 4.69) is 0 Å². The van der Waals surface area contributed by atoms with Gasteiger partial charge < -0.3 is 14.7 Å². The Morgan fingerprint density at radius 1 is 1.26 bits per heavy atom. The minimum Gasteiger partial charge on any atom is -0.478 e. The van der Waals surface area contributed by atoms with Crippen molar-refractivity contribution in [1.82, 2.24) is 4.90 Å². The van der Waals surface area contributed by atoms with Crippen molar-refractivity contribution in [3.05, 3.63) is 35.4 Å². The van der Waals surface area contributed by atoms with Gasteiger partial charge in [-0.1, -0.05) is 18.2 Å². The van der Waals surface area contributed by atoms with Crippen molar-refractivity contribution in [3.63, 3.8) is 0 Å². The van der Waals surface area contributed by atoms with E-state index in [1.165, 1.54) is 0 Å². The topological polar surface area (TPSA) is 66.8 Å². The van der Waals surface area contributed by atoms with E-state index in [-0.39, 0.29) is 18.6 Å². The van der Waals surface area contributed by atoms with E-state index in [4.69, 9.17) is 4.74 Å². The van der Waals surface area contributed by atoms with Crippen molar-refractivity contribution in [2.45, 2.75) is 39.2 Å². The van der Waals surface area contributed by atoms with Crippen LogP contribution in [0.5, 0.6) is 0 Å². The van der Waals surface area contributed by atoms with Gasteiger partial charge in [0, 0.05) is 13.1 Å². The van der Waals surface area contributed by atoms with Crippen molar-refractivity contribution in [3.8, 4) is 0 Å². The standard InChI is InChI=1S/C18H25NO4/c1-13(2)23-12-17(20)19-9-7-14(8-10-19)11-15-5-3-4-6-16(15)18(21)22/h3-6,13-14H,7-12H2,1-2H3,(H,21,22).